The largest absolute Gasteiger partial charge is 0.356 e. The van der Waals surface area contributed by atoms with Gasteiger partial charge in [0.15, 0.2) is 5.82 Å². The van der Waals surface area contributed by atoms with Crippen LogP contribution in [0.15, 0.2) is 10.9 Å². The molecular weight excluding hydrogens is 266 g/mol. The molecule has 0 radical (unpaired) electrons. The molecule has 1 atom stereocenters. The summed E-state index contributed by atoms with van der Waals surface area (Å²) in [6.45, 7) is 3.81. The number of hydrogen-bond donors (Lipinski definition) is 0. The molecular formula is C15H19N5O. The standard InChI is InChI=1S/C15H19N5O/c1-10-18-14(19-21-10)11-4-3-7-20(8-11)15-12-5-2-6-13(12)16-9-17-15/h9,11H,2-8H2,1H3/t11-/m1/s1. The van der Waals surface area contributed by atoms with E-state index < -0.39 is 0 Å². The van der Waals surface area contributed by atoms with Crippen LogP contribution in [-0.4, -0.2) is 33.2 Å². The molecule has 0 bridgehead atoms. The summed E-state index contributed by atoms with van der Waals surface area (Å²) in [5.74, 6) is 2.94. The highest BCUT2D eigenvalue weighted by molar-refractivity contribution is 5.51. The highest BCUT2D eigenvalue weighted by atomic mass is 16.5. The van der Waals surface area contributed by atoms with Crippen LogP contribution in [0.2, 0.25) is 0 Å². The van der Waals surface area contributed by atoms with Crippen molar-refractivity contribution in [2.75, 3.05) is 18.0 Å². The number of aromatic nitrogens is 4. The van der Waals surface area contributed by atoms with E-state index in [1.54, 1.807) is 6.33 Å². The number of fused-ring (bicyclic) bond motifs is 1. The zero-order valence-corrected chi connectivity index (χ0v) is 12.2. The average molecular weight is 285 g/mol. The molecule has 0 unspecified atom stereocenters. The van der Waals surface area contributed by atoms with Crippen LogP contribution in [0.1, 0.15) is 48.2 Å². The predicted octanol–water partition coefficient (Wildman–Crippen LogP) is 2.04. The van der Waals surface area contributed by atoms with E-state index in [1.807, 2.05) is 6.92 Å². The van der Waals surface area contributed by atoms with E-state index in [-0.39, 0.29) is 0 Å². The van der Waals surface area contributed by atoms with Gasteiger partial charge in [0.25, 0.3) is 0 Å². The Morgan fingerprint density at radius 2 is 2.19 bits per heavy atom. The normalized spacial score (nSPS) is 21.6. The number of hydrogen-bond acceptors (Lipinski definition) is 6. The van der Waals surface area contributed by atoms with Gasteiger partial charge in [-0.1, -0.05) is 5.16 Å². The second kappa shape index (κ2) is 5.09. The third kappa shape index (κ3) is 2.28. The first-order valence-electron chi connectivity index (χ1n) is 7.69. The SMILES string of the molecule is Cc1nc([C@@H]2CCCN(c3ncnc4c3CCC4)C2)no1. The van der Waals surface area contributed by atoms with E-state index in [2.05, 4.69) is 25.0 Å². The fourth-order valence-electron chi connectivity index (χ4n) is 3.48. The number of aryl methyl sites for hydroxylation is 2. The van der Waals surface area contributed by atoms with Crippen molar-refractivity contribution in [3.8, 4) is 0 Å². The Bertz CT molecular complexity index is 653. The fraction of sp³-hybridized carbons (Fsp3) is 0.600. The molecule has 2 aromatic rings. The van der Waals surface area contributed by atoms with Gasteiger partial charge in [-0.15, -0.1) is 0 Å². The van der Waals surface area contributed by atoms with Gasteiger partial charge < -0.3 is 9.42 Å². The van der Waals surface area contributed by atoms with Crippen LogP contribution in [0.25, 0.3) is 0 Å². The molecule has 1 aliphatic carbocycles. The highest BCUT2D eigenvalue weighted by Crippen LogP contribution is 2.32. The van der Waals surface area contributed by atoms with E-state index in [4.69, 9.17) is 4.52 Å². The zero-order valence-electron chi connectivity index (χ0n) is 12.2. The first-order valence-corrected chi connectivity index (χ1v) is 7.69. The van der Waals surface area contributed by atoms with Crippen molar-refractivity contribution in [1.29, 1.82) is 0 Å². The summed E-state index contributed by atoms with van der Waals surface area (Å²) >= 11 is 0. The molecule has 6 nitrogen and oxygen atoms in total. The Labute approximate surface area is 123 Å². The van der Waals surface area contributed by atoms with Gasteiger partial charge in [-0.2, -0.15) is 4.98 Å². The Hall–Kier alpha value is -1.98. The molecule has 3 heterocycles. The predicted molar refractivity (Wildman–Crippen MR) is 77.3 cm³/mol. The van der Waals surface area contributed by atoms with Crippen LogP contribution in [-0.2, 0) is 12.8 Å². The Kier molecular flexibility index (Phi) is 3.09. The van der Waals surface area contributed by atoms with Gasteiger partial charge in [-0.3, -0.25) is 0 Å². The average Bonchev–Trinajstić information content (AvgIpc) is 3.15. The Balaban J connectivity index is 1.60. The molecule has 1 saturated heterocycles. The highest BCUT2D eigenvalue weighted by Gasteiger charge is 2.28. The minimum absolute atomic E-state index is 0.336. The summed E-state index contributed by atoms with van der Waals surface area (Å²) in [5, 5.41) is 4.09. The van der Waals surface area contributed by atoms with Gasteiger partial charge >= 0.3 is 0 Å². The van der Waals surface area contributed by atoms with Gasteiger partial charge in [-0.05, 0) is 32.1 Å². The summed E-state index contributed by atoms with van der Waals surface area (Å²) in [7, 11) is 0. The maximum absolute atomic E-state index is 5.13. The molecule has 0 spiro atoms. The molecule has 1 fully saturated rings. The Morgan fingerprint density at radius 3 is 3.05 bits per heavy atom. The molecule has 110 valence electrons. The second-order valence-corrected chi connectivity index (χ2v) is 5.93. The number of rotatable bonds is 2. The molecule has 4 rings (SSSR count). The van der Waals surface area contributed by atoms with E-state index >= 15 is 0 Å². The lowest BCUT2D eigenvalue weighted by molar-refractivity contribution is 0.376. The van der Waals surface area contributed by atoms with Gasteiger partial charge in [0.1, 0.15) is 12.1 Å². The van der Waals surface area contributed by atoms with Crippen LogP contribution in [0.3, 0.4) is 0 Å². The summed E-state index contributed by atoms with van der Waals surface area (Å²) in [5.41, 5.74) is 2.58. The molecule has 1 aliphatic heterocycles. The quantitative estimate of drug-likeness (QED) is 0.841. The van der Waals surface area contributed by atoms with Crippen molar-refractivity contribution in [1.82, 2.24) is 20.1 Å². The lowest BCUT2D eigenvalue weighted by Gasteiger charge is -2.33. The molecule has 0 amide bonds. The van der Waals surface area contributed by atoms with Crippen LogP contribution in [0.4, 0.5) is 5.82 Å². The molecule has 2 aliphatic rings. The van der Waals surface area contributed by atoms with E-state index in [0.717, 1.165) is 50.4 Å². The molecule has 0 N–H and O–H groups in total. The third-order valence-corrected chi connectivity index (χ3v) is 4.48. The summed E-state index contributed by atoms with van der Waals surface area (Å²) in [4.78, 5) is 15.8. The van der Waals surface area contributed by atoms with Crippen molar-refractivity contribution in [2.24, 2.45) is 0 Å². The van der Waals surface area contributed by atoms with Crippen molar-refractivity contribution in [3.63, 3.8) is 0 Å². The van der Waals surface area contributed by atoms with E-state index in [0.29, 0.717) is 11.8 Å². The minimum Gasteiger partial charge on any atom is -0.356 e. The molecule has 6 heteroatoms. The first-order chi connectivity index (χ1) is 10.3. The fourth-order valence-corrected chi connectivity index (χ4v) is 3.48. The Morgan fingerprint density at radius 1 is 1.24 bits per heavy atom. The lowest BCUT2D eigenvalue weighted by Crippen LogP contribution is -2.36. The van der Waals surface area contributed by atoms with Crippen LogP contribution in [0.5, 0.6) is 0 Å². The molecule has 2 aromatic heterocycles. The lowest BCUT2D eigenvalue weighted by atomic mass is 9.97. The number of anilines is 1. The van der Waals surface area contributed by atoms with Gasteiger partial charge in [0.05, 0.1) is 0 Å². The topological polar surface area (TPSA) is 67.9 Å². The van der Waals surface area contributed by atoms with E-state index in [9.17, 15) is 0 Å². The van der Waals surface area contributed by atoms with Gasteiger partial charge in [0, 0.05) is 37.2 Å². The van der Waals surface area contributed by atoms with Crippen LogP contribution in [0, 0.1) is 6.92 Å². The van der Waals surface area contributed by atoms with E-state index in [1.165, 1.54) is 17.7 Å². The summed E-state index contributed by atoms with van der Waals surface area (Å²) in [6, 6.07) is 0. The van der Waals surface area contributed by atoms with Gasteiger partial charge in [-0.25, -0.2) is 9.97 Å². The summed E-state index contributed by atoms with van der Waals surface area (Å²) < 4.78 is 5.13. The van der Waals surface area contributed by atoms with Gasteiger partial charge in [0.2, 0.25) is 5.89 Å². The molecule has 21 heavy (non-hydrogen) atoms. The second-order valence-electron chi connectivity index (χ2n) is 5.93. The van der Waals surface area contributed by atoms with Crippen LogP contribution < -0.4 is 4.90 Å². The maximum Gasteiger partial charge on any atom is 0.223 e. The third-order valence-electron chi connectivity index (χ3n) is 4.48. The van der Waals surface area contributed by atoms with Crippen molar-refractivity contribution >= 4 is 5.82 Å². The maximum atomic E-state index is 5.13. The summed E-state index contributed by atoms with van der Waals surface area (Å²) in [6.07, 6.45) is 7.35. The van der Waals surface area contributed by atoms with Crippen LogP contribution >= 0.6 is 0 Å². The number of nitrogens with zero attached hydrogens (tertiary/aromatic N) is 5. The molecule has 0 aromatic carbocycles. The molecule has 0 saturated carbocycles. The smallest absolute Gasteiger partial charge is 0.223 e. The van der Waals surface area contributed by atoms with Crippen molar-refractivity contribution < 1.29 is 4.52 Å². The van der Waals surface area contributed by atoms with Crippen molar-refractivity contribution in [2.45, 2.75) is 44.9 Å². The first kappa shape index (κ1) is 12.7. The zero-order chi connectivity index (χ0) is 14.2. The van der Waals surface area contributed by atoms with Crippen molar-refractivity contribution in [3.05, 3.63) is 29.3 Å². The monoisotopic (exact) mass is 285 g/mol. The number of piperidine rings is 1. The minimum atomic E-state index is 0.336.